The zero-order chi connectivity index (χ0) is 50.0. The summed E-state index contributed by atoms with van der Waals surface area (Å²) in [7, 11) is 0. The molecular formula is C63H108O6. The van der Waals surface area contributed by atoms with Crippen molar-refractivity contribution in [1.82, 2.24) is 0 Å². The Kier molecular flexibility index (Phi) is 54.3. The van der Waals surface area contributed by atoms with Crippen LogP contribution >= 0.6 is 0 Å². The molecule has 396 valence electrons. The van der Waals surface area contributed by atoms with Gasteiger partial charge in [-0.25, -0.2) is 0 Å². The van der Waals surface area contributed by atoms with Crippen LogP contribution in [0.1, 0.15) is 278 Å². The first-order valence-corrected chi connectivity index (χ1v) is 29.1. The molecule has 0 aromatic carbocycles. The average molecular weight is 962 g/mol. The summed E-state index contributed by atoms with van der Waals surface area (Å²) in [5, 5.41) is 0. The fourth-order valence-corrected chi connectivity index (χ4v) is 8.00. The molecule has 0 aliphatic heterocycles. The monoisotopic (exact) mass is 961 g/mol. The molecule has 6 nitrogen and oxygen atoms in total. The van der Waals surface area contributed by atoms with Gasteiger partial charge in [0, 0.05) is 19.3 Å². The molecule has 0 aromatic rings. The van der Waals surface area contributed by atoms with E-state index in [4.69, 9.17) is 14.2 Å². The molecule has 1 unspecified atom stereocenters. The molecule has 0 radical (unpaired) electrons. The minimum Gasteiger partial charge on any atom is -0.462 e. The summed E-state index contributed by atoms with van der Waals surface area (Å²) in [6.07, 6.45) is 74.5. The SMILES string of the molecule is CC/C=C\C/C=C\C/C=C\CCCCCC(=O)OC(COC(=O)CCCCCCC/C=C\C/C=C\CCC)COC(=O)CCCCCCCCCCCCCCC/C=C\C/C=C\CCCCCCC. The highest BCUT2D eigenvalue weighted by atomic mass is 16.6. The van der Waals surface area contributed by atoms with Crippen molar-refractivity contribution in [3.05, 3.63) is 85.1 Å². The molecular weight excluding hydrogens is 853 g/mol. The van der Waals surface area contributed by atoms with Gasteiger partial charge >= 0.3 is 17.9 Å². The Morgan fingerprint density at radius 3 is 0.957 bits per heavy atom. The number of unbranched alkanes of at least 4 members (excludes halogenated alkanes) is 27. The van der Waals surface area contributed by atoms with Crippen molar-refractivity contribution in [1.29, 1.82) is 0 Å². The van der Waals surface area contributed by atoms with Crippen LogP contribution in [0.5, 0.6) is 0 Å². The predicted octanol–water partition coefficient (Wildman–Crippen LogP) is 19.5. The van der Waals surface area contributed by atoms with Crippen molar-refractivity contribution in [3.8, 4) is 0 Å². The van der Waals surface area contributed by atoms with Crippen molar-refractivity contribution in [2.75, 3.05) is 13.2 Å². The van der Waals surface area contributed by atoms with Crippen molar-refractivity contribution >= 4 is 17.9 Å². The van der Waals surface area contributed by atoms with Gasteiger partial charge < -0.3 is 14.2 Å². The highest BCUT2D eigenvalue weighted by Gasteiger charge is 2.19. The normalized spacial score (nSPS) is 12.7. The summed E-state index contributed by atoms with van der Waals surface area (Å²) < 4.78 is 16.8. The lowest BCUT2D eigenvalue weighted by Gasteiger charge is -2.18. The molecule has 0 saturated heterocycles. The van der Waals surface area contributed by atoms with E-state index in [1.54, 1.807) is 0 Å². The van der Waals surface area contributed by atoms with Gasteiger partial charge in [0.2, 0.25) is 0 Å². The van der Waals surface area contributed by atoms with Gasteiger partial charge in [0.05, 0.1) is 0 Å². The maximum absolute atomic E-state index is 12.8. The number of allylic oxidation sites excluding steroid dienone is 14. The summed E-state index contributed by atoms with van der Waals surface area (Å²) in [4.78, 5) is 38.1. The first-order chi connectivity index (χ1) is 34.0. The molecule has 6 heteroatoms. The topological polar surface area (TPSA) is 78.9 Å². The van der Waals surface area contributed by atoms with Crippen LogP contribution in [0, 0.1) is 0 Å². The highest BCUT2D eigenvalue weighted by molar-refractivity contribution is 5.71. The number of carbonyl (C=O) groups is 3. The minimum absolute atomic E-state index is 0.0930. The molecule has 0 saturated carbocycles. The number of rotatable bonds is 52. The highest BCUT2D eigenvalue weighted by Crippen LogP contribution is 2.15. The Hall–Kier alpha value is -3.41. The van der Waals surface area contributed by atoms with Gasteiger partial charge in [0.25, 0.3) is 0 Å². The largest absolute Gasteiger partial charge is 0.462 e. The lowest BCUT2D eigenvalue weighted by atomic mass is 10.0. The molecule has 0 aliphatic rings. The van der Waals surface area contributed by atoms with E-state index in [-0.39, 0.29) is 37.5 Å². The molecule has 0 N–H and O–H groups in total. The van der Waals surface area contributed by atoms with Crippen LogP contribution in [0.2, 0.25) is 0 Å². The van der Waals surface area contributed by atoms with Crippen molar-refractivity contribution in [2.24, 2.45) is 0 Å². The maximum atomic E-state index is 12.8. The summed E-state index contributed by atoms with van der Waals surface area (Å²) in [6.45, 7) is 6.42. The van der Waals surface area contributed by atoms with E-state index >= 15 is 0 Å². The van der Waals surface area contributed by atoms with Crippen LogP contribution in [0.3, 0.4) is 0 Å². The smallest absolute Gasteiger partial charge is 0.306 e. The Morgan fingerprint density at radius 1 is 0.304 bits per heavy atom. The first-order valence-electron chi connectivity index (χ1n) is 29.1. The fourth-order valence-electron chi connectivity index (χ4n) is 8.00. The number of carbonyl (C=O) groups excluding carboxylic acids is 3. The van der Waals surface area contributed by atoms with Gasteiger partial charge in [0.1, 0.15) is 13.2 Å². The quantitative estimate of drug-likeness (QED) is 0.0262. The van der Waals surface area contributed by atoms with Gasteiger partial charge in [0.15, 0.2) is 6.10 Å². The second-order valence-corrected chi connectivity index (χ2v) is 19.2. The molecule has 0 rings (SSSR count). The van der Waals surface area contributed by atoms with Crippen LogP contribution in [-0.2, 0) is 28.6 Å². The van der Waals surface area contributed by atoms with Crippen LogP contribution < -0.4 is 0 Å². The number of hydrogen-bond donors (Lipinski definition) is 0. The van der Waals surface area contributed by atoms with Crippen LogP contribution in [0.15, 0.2) is 85.1 Å². The number of hydrogen-bond acceptors (Lipinski definition) is 6. The van der Waals surface area contributed by atoms with Gasteiger partial charge in [-0.3, -0.25) is 14.4 Å². The fraction of sp³-hybridized carbons (Fsp3) is 0.730. The van der Waals surface area contributed by atoms with E-state index in [1.165, 1.54) is 116 Å². The third kappa shape index (κ3) is 55.4. The molecule has 0 aromatic heterocycles. The van der Waals surface area contributed by atoms with E-state index in [0.717, 1.165) is 122 Å². The Balaban J connectivity index is 4.28. The van der Waals surface area contributed by atoms with Crippen molar-refractivity contribution in [2.45, 2.75) is 284 Å². The van der Waals surface area contributed by atoms with Gasteiger partial charge in [-0.05, 0) is 109 Å². The van der Waals surface area contributed by atoms with E-state index < -0.39 is 6.10 Å². The predicted molar refractivity (Wildman–Crippen MR) is 297 cm³/mol. The van der Waals surface area contributed by atoms with Crippen LogP contribution in [-0.4, -0.2) is 37.2 Å². The minimum atomic E-state index is -0.798. The summed E-state index contributed by atoms with van der Waals surface area (Å²) in [5.74, 6) is -0.934. The third-order valence-electron chi connectivity index (χ3n) is 12.3. The summed E-state index contributed by atoms with van der Waals surface area (Å²) in [5.41, 5.74) is 0. The van der Waals surface area contributed by atoms with E-state index in [2.05, 4.69) is 106 Å². The Morgan fingerprint density at radius 2 is 0.594 bits per heavy atom. The number of ether oxygens (including phenoxy) is 3. The molecule has 0 amide bonds. The van der Waals surface area contributed by atoms with Crippen LogP contribution in [0.25, 0.3) is 0 Å². The third-order valence-corrected chi connectivity index (χ3v) is 12.3. The van der Waals surface area contributed by atoms with Gasteiger partial charge in [-0.2, -0.15) is 0 Å². The molecule has 0 heterocycles. The Labute approximate surface area is 426 Å². The molecule has 1 atom stereocenters. The second-order valence-electron chi connectivity index (χ2n) is 19.2. The van der Waals surface area contributed by atoms with Crippen molar-refractivity contribution < 1.29 is 28.6 Å². The molecule has 0 spiro atoms. The zero-order valence-corrected chi connectivity index (χ0v) is 45.3. The van der Waals surface area contributed by atoms with E-state index in [1.807, 2.05) is 0 Å². The van der Waals surface area contributed by atoms with Crippen molar-refractivity contribution in [3.63, 3.8) is 0 Å². The lowest BCUT2D eigenvalue weighted by Crippen LogP contribution is -2.30. The van der Waals surface area contributed by atoms with Gasteiger partial charge in [-0.1, -0.05) is 234 Å². The average Bonchev–Trinajstić information content (AvgIpc) is 3.35. The standard InChI is InChI=1S/C63H108O6/c1-4-7-10-13-16-19-22-25-26-27-28-29-30-31-32-33-34-35-36-39-41-44-47-50-53-56-62(65)68-59-60(69-63(66)57-54-51-48-45-42-38-24-21-18-15-12-9-6-3)58-67-61(64)55-52-49-46-43-40-37-23-20-17-14-11-8-5-2/h9,11-12,14,18,20-23,25,27-28,38,42,60H,4-8,10,13,15-17,19,24,26,29-37,39-41,43-59H2,1-3H3/b12-9-,14-11-,21-18-,23-20-,25-22-,28-27-,42-38-. The Bertz CT molecular complexity index is 1330. The lowest BCUT2D eigenvalue weighted by molar-refractivity contribution is -0.167. The maximum Gasteiger partial charge on any atom is 0.306 e. The molecule has 0 aliphatic carbocycles. The zero-order valence-electron chi connectivity index (χ0n) is 45.3. The molecule has 69 heavy (non-hydrogen) atoms. The van der Waals surface area contributed by atoms with Crippen LogP contribution in [0.4, 0.5) is 0 Å². The first kappa shape index (κ1) is 65.6. The molecule has 0 bridgehead atoms. The summed E-state index contributed by atoms with van der Waals surface area (Å²) in [6, 6.07) is 0. The van der Waals surface area contributed by atoms with E-state index in [9.17, 15) is 14.4 Å². The van der Waals surface area contributed by atoms with Gasteiger partial charge in [-0.15, -0.1) is 0 Å². The second kappa shape index (κ2) is 57.2. The molecule has 0 fully saturated rings. The summed E-state index contributed by atoms with van der Waals surface area (Å²) >= 11 is 0. The number of esters is 3. The van der Waals surface area contributed by atoms with E-state index in [0.29, 0.717) is 12.8 Å².